The fraction of sp³-hybridized carbons (Fsp3) is 0.320. The van der Waals surface area contributed by atoms with Gasteiger partial charge in [0.15, 0.2) is 11.5 Å². The van der Waals surface area contributed by atoms with Crippen molar-refractivity contribution in [3.8, 4) is 11.5 Å². The van der Waals surface area contributed by atoms with E-state index < -0.39 is 12.0 Å². The summed E-state index contributed by atoms with van der Waals surface area (Å²) in [5.41, 5.74) is 2.93. The van der Waals surface area contributed by atoms with E-state index in [-0.39, 0.29) is 17.9 Å². The first kappa shape index (κ1) is 22.4. The number of carbonyl (C=O) groups excluding carboxylic acids is 2. The zero-order chi connectivity index (χ0) is 23.7. The molecule has 33 heavy (non-hydrogen) atoms. The molecule has 1 aromatic heterocycles. The van der Waals surface area contributed by atoms with Gasteiger partial charge in [-0.15, -0.1) is 0 Å². The van der Waals surface area contributed by atoms with Crippen molar-refractivity contribution < 1.29 is 19.1 Å². The molecule has 0 spiro atoms. The largest absolute Gasteiger partial charge is 0.493 e. The lowest BCUT2D eigenvalue weighted by molar-refractivity contribution is -0.118. The first-order valence-electron chi connectivity index (χ1n) is 10.8. The summed E-state index contributed by atoms with van der Waals surface area (Å²) in [6.07, 6.45) is -0.0183. The Hall–Kier alpha value is -3.81. The van der Waals surface area contributed by atoms with Crippen LogP contribution in [0, 0.1) is 6.92 Å². The number of carbonyl (C=O) groups is 2. The number of rotatable bonds is 6. The number of methoxy groups -OCH3 is 1. The summed E-state index contributed by atoms with van der Waals surface area (Å²) >= 11 is 0. The number of aromatic nitrogens is 2. The molecule has 2 aromatic carbocycles. The Morgan fingerprint density at radius 3 is 2.55 bits per heavy atom. The lowest BCUT2D eigenvalue weighted by Gasteiger charge is -2.33. The Morgan fingerprint density at radius 1 is 1.15 bits per heavy atom. The monoisotopic (exact) mass is 448 g/mol. The van der Waals surface area contributed by atoms with Crippen LogP contribution >= 0.6 is 0 Å². The van der Waals surface area contributed by atoms with Gasteiger partial charge in [-0.2, -0.15) is 5.10 Å². The molecule has 1 aliphatic rings. The molecule has 2 N–H and O–H groups in total. The molecular weight excluding hydrogens is 420 g/mol. The van der Waals surface area contributed by atoms with Crippen molar-refractivity contribution in [3.05, 3.63) is 70.9 Å². The number of nitrogens with one attached hydrogen (secondary N) is 2. The van der Waals surface area contributed by atoms with Crippen molar-refractivity contribution in [1.29, 1.82) is 0 Å². The van der Waals surface area contributed by atoms with Gasteiger partial charge in [-0.3, -0.25) is 14.3 Å². The highest BCUT2D eigenvalue weighted by Gasteiger charge is 2.41. The molecule has 0 saturated heterocycles. The van der Waals surface area contributed by atoms with E-state index in [4.69, 9.17) is 9.47 Å². The smallest absolute Gasteiger partial charge is 0.251 e. The summed E-state index contributed by atoms with van der Waals surface area (Å²) in [4.78, 5) is 26.2. The van der Waals surface area contributed by atoms with Gasteiger partial charge in [-0.1, -0.05) is 24.3 Å². The van der Waals surface area contributed by atoms with Gasteiger partial charge in [0.05, 0.1) is 18.9 Å². The molecule has 0 saturated carbocycles. The van der Waals surface area contributed by atoms with Crippen LogP contribution in [-0.2, 0) is 11.8 Å². The summed E-state index contributed by atoms with van der Waals surface area (Å²) in [7, 11) is 3.36. The molecule has 172 valence electrons. The topological polar surface area (TPSA) is 94.5 Å². The third-order valence-corrected chi connectivity index (χ3v) is 5.67. The fourth-order valence-corrected chi connectivity index (χ4v) is 4.26. The second-order valence-corrected chi connectivity index (χ2v) is 8.33. The molecule has 2 atom stereocenters. The summed E-state index contributed by atoms with van der Waals surface area (Å²) in [6.45, 7) is 5.78. The molecule has 0 radical (unpaired) electrons. The van der Waals surface area contributed by atoms with Crippen LogP contribution in [0.25, 0.3) is 0 Å². The van der Waals surface area contributed by atoms with Gasteiger partial charge in [-0.05, 0) is 50.6 Å². The minimum atomic E-state index is -0.838. The summed E-state index contributed by atoms with van der Waals surface area (Å²) < 4.78 is 13.1. The van der Waals surface area contributed by atoms with E-state index >= 15 is 0 Å². The van der Waals surface area contributed by atoms with E-state index in [0.29, 0.717) is 22.9 Å². The highest BCUT2D eigenvalue weighted by Crippen LogP contribution is 2.42. The SMILES string of the molecule is COc1cc([C@@H]2c3c(C)nn(C)c3NC(=O)[C@H]2NC(=O)c2ccccc2)ccc1OC(C)C. The Kier molecular flexibility index (Phi) is 6.09. The van der Waals surface area contributed by atoms with E-state index in [1.165, 1.54) is 0 Å². The number of amides is 2. The molecule has 2 heterocycles. The standard InChI is InChI=1S/C25H28N4O4/c1-14(2)33-18-12-11-17(13-19(18)32-5)21-20-15(3)28-29(4)23(20)27-25(31)22(21)26-24(30)16-9-7-6-8-10-16/h6-14,21-22H,1-5H3,(H,26,30)(H,27,31)/t21-,22+/m1/s1. The summed E-state index contributed by atoms with van der Waals surface area (Å²) in [5.74, 6) is 0.706. The van der Waals surface area contributed by atoms with Crippen molar-refractivity contribution in [2.24, 2.45) is 7.05 Å². The number of hydrogen-bond donors (Lipinski definition) is 2. The van der Waals surface area contributed by atoms with Crippen molar-refractivity contribution in [1.82, 2.24) is 15.1 Å². The van der Waals surface area contributed by atoms with E-state index in [1.54, 1.807) is 43.1 Å². The van der Waals surface area contributed by atoms with Gasteiger partial charge < -0.3 is 20.1 Å². The van der Waals surface area contributed by atoms with Crippen molar-refractivity contribution >= 4 is 17.6 Å². The third kappa shape index (κ3) is 4.28. The number of ether oxygens (including phenoxy) is 2. The molecule has 0 unspecified atom stereocenters. The Bertz CT molecular complexity index is 1190. The highest BCUT2D eigenvalue weighted by atomic mass is 16.5. The number of aryl methyl sites for hydroxylation is 2. The maximum atomic E-state index is 13.2. The lowest BCUT2D eigenvalue weighted by Crippen LogP contribution is -2.50. The Morgan fingerprint density at radius 2 is 1.88 bits per heavy atom. The predicted octanol–water partition coefficient (Wildman–Crippen LogP) is 3.41. The zero-order valence-corrected chi connectivity index (χ0v) is 19.4. The first-order chi connectivity index (χ1) is 15.8. The zero-order valence-electron chi connectivity index (χ0n) is 19.4. The van der Waals surface area contributed by atoms with E-state index in [2.05, 4.69) is 15.7 Å². The quantitative estimate of drug-likeness (QED) is 0.603. The molecular formula is C25H28N4O4. The number of hydrogen-bond acceptors (Lipinski definition) is 5. The molecule has 8 nitrogen and oxygen atoms in total. The van der Waals surface area contributed by atoms with E-state index in [1.807, 2.05) is 45.0 Å². The van der Waals surface area contributed by atoms with Gasteiger partial charge >= 0.3 is 0 Å². The van der Waals surface area contributed by atoms with Crippen LogP contribution in [0.15, 0.2) is 48.5 Å². The number of benzene rings is 2. The average molecular weight is 449 g/mol. The van der Waals surface area contributed by atoms with Gasteiger partial charge in [-0.25, -0.2) is 0 Å². The van der Waals surface area contributed by atoms with Crippen molar-refractivity contribution in [2.75, 3.05) is 12.4 Å². The van der Waals surface area contributed by atoms with Crippen molar-refractivity contribution in [3.63, 3.8) is 0 Å². The molecule has 1 aliphatic heterocycles. The average Bonchev–Trinajstić information content (AvgIpc) is 3.07. The van der Waals surface area contributed by atoms with Crippen LogP contribution in [0.1, 0.15) is 46.9 Å². The van der Waals surface area contributed by atoms with E-state index in [9.17, 15) is 9.59 Å². The van der Waals surface area contributed by atoms with Gasteiger partial charge in [0, 0.05) is 24.1 Å². The molecule has 0 fully saturated rings. The molecule has 0 aliphatic carbocycles. The third-order valence-electron chi connectivity index (χ3n) is 5.67. The minimum Gasteiger partial charge on any atom is -0.493 e. The van der Waals surface area contributed by atoms with Crippen LogP contribution in [0.3, 0.4) is 0 Å². The molecule has 3 aromatic rings. The van der Waals surface area contributed by atoms with Crippen LogP contribution in [0.4, 0.5) is 5.82 Å². The maximum absolute atomic E-state index is 13.2. The van der Waals surface area contributed by atoms with E-state index in [0.717, 1.165) is 16.8 Å². The molecule has 4 rings (SSSR count). The highest BCUT2D eigenvalue weighted by molar-refractivity contribution is 6.03. The van der Waals surface area contributed by atoms with Gasteiger partial charge in [0.1, 0.15) is 11.9 Å². The minimum absolute atomic E-state index is 0.0183. The number of fused-ring (bicyclic) bond motifs is 1. The van der Waals surface area contributed by atoms with Gasteiger partial charge in [0.2, 0.25) is 5.91 Å². The number of nitrogens with zero attached hydrogens (tertiary/aromatic N) is 2. The van der Waals surface area contributed by atoms with Crippen LogP contribution in [0.2, 0.25) is 0 Å². The predicted molar refractivity (Wildman–Crippen MR) is 125 cm³/mol. The Labute approximate surface area is 192 Å². The molecule has 8 heteroatoms. The van der Waals surface area contributed by atoms with Crippen LogP contribution in [0.5, 0.6) is 11.5 Å². The lowest BCUT2D eigenvalue weighted by atomic mass is 9.81. The van der Waals surface area contributed by atoms with Crippen LogP contribution in [-0.4, -0.2) is 40.9 Å². The second-order valence-electron chi connectivity index (χ2n) is 8.33. The van der Waals surface area contributed by atoms with Crippen LogP contribution < -0.4 is 20.1 Å². The second kappa shape index (κ2) is 8.97. The maximum Gasteiger partial charge on any atom is 0.251 e. The Balaban J connectivity index is 1.80. The molecule has 0 bridgehead atoms. The molecule has 2 amide bonds. The first-order valence-corrected chi connectivity index (χ1v) is 10.8. The normalized spacial score (nSPS) is 17.3. The summed E-state index contributed by atoms with van der Waals surface area (Å²) in [6, 6.07) is 13.6. The number of anilines is 1. The van der Waals surface area contributed by atoms with Gasteiger partial charge in [0.25, 0.3) is 5.91 Å². The van der Waals surface area contributed by atoms with Crippen molar-refractivity contribution in [2.45, 2.75) is 38.8 Å². The fourth-order valence-electron chi connectivity index (χ4n) is 4.26. The summed E-state index contributed by atoms with van der Waals surface area (Å²) in [5, 5.41) is 10.4.